The molecule has 0 fully saturated rings. The quantitative estimate of drug-likeness (QED) is 0.665. The van der Waals surface area contributed by atoms with Crippen LogP contribution in [0.2, 0.25) is 0 Å². The molecular formula is C12H13N3O2S. The zero-order chi connectivity index (χ0) is 13.0. The topological polar surface area (TPSA) is 68.1 Å². The van der Waals surface area contributed by atoms with Gasteiger partial charge >= 0.3 is 0 Å². The van der Waals surface area contributed by atoms with Crippen molar-refractivity contribution in [2.24, 2.45) is 0 Å². The van der Waals surface area contributed by atoms with Gasteiger partial charge in [-0.1, -0.05) is 19.1 Å². The number of rotatable bonds is 5. The third-order valence-electron chi connectivity index (χ3n) is 2.41. The van der Waals surface area contributed by atoms with Crippen molar-refractivity contribution >= 4 is 17.0 Å². The summed E-state index contributed by atoms with van der Waals surface area (Å²) in [5.41, 5.74) is 1.84. The summed E-state index contributed by atoms with van der Waals surface area (Å²) in [5, 5.41) is 16.7. The van der Waals surface area contributed by atoms with Crippen LogP contribution in [0.3, 0.4) is 0 Å². The van der Waals surface area contributed by atoms with Gasteiger partial charge in [0, 0.05) is 29.6 Å². The molecule has 1 aromatic heterocycles. The SMILES string of the molecule is CCNCc1csc(-c2cccc([N+](=O)[O-])c2)n1. The molecule has 5 nitrogen and oxygen atoms in total. The van der Waals surface area contributed by atoms with Crippen LogP contribution in [-0.2, 0) is 6.54 Å². The van der Waals surface area contributed by atoms with Gasteiger partial charge in [-0.3, -0.25) is 10.1 Å². The van der Waals surface area contributed by atoms with Gasteiger partial charge in [-0.15, -0.1) is 11.3 Å². The van der Waals surface area contributed by atoms with Gasteiger partial charge in [0.05, 0.1) is 10.6 Å². The third kappa shape index (κ3) is 2.91. The molecule has 1 heterocycles. The number of benzene rings is 1. The van der Waals surface area contributed by atoms with E-state index in [1.165, 1.54) is 17.4 Å². The minimum atomic E-state index is -0.392. The Morgan fingerprint density at radius 3 is 3.06 bits per heavy atom. The minimum Gasteiger partial charge on any atom is -0.311 e. The van der Waals surface area contributed by atoms with Crippen LogP contribution < -0.4 is 5.32 Å². The number of nitrogens with zero attached hydrogens (tertiary/aromatic N) is 2. The van der Waals surface area contributed by atoms with Gasteiger partial charge in [-0.05, 0) is 6.54 Å². The third-order valence-corrected chi connectivity index (χ3v) is 3.35. The fourth-order valence-corrected chi connectivity index (χ4v) is 2.34. The smallest absolute Gasteiger partial charge is 0.270 e. The van der Waals surface area contributed by atoms with Crippen molar-refractivity contribution in [1.29, 1.82) is 0 Å². The second kappa shape index (κ2) is 5.70. The standard InChI is InChI=1S/C12H13N3O2S/c1-2-13-7-10-8-18-12(14-10)9-4-3-5-11(6-9)15(16)17/h3-6,8,13H,2,7H2,1H3. The van der Waals surface area contributed by atoms with Gasteiger partial charge < -0.3 is 5.32 Å². The second-order valence-corrected chi connectivity index (χ2v) is 4.59. The summed E-state index contributed by atoms with van der Waals surface area (Å²) >= 11 is 1.50. The lowest BCUT2D eigenvalue weighted by atomic mass is 10.2. The molecule has 94 valence electrons. The van der Waals surface area contributed by atoms with Crippen LogP contribution in [-0.4, -0.2) is 16.5 Å². The Labute approximate surface area is 109 Å². The molecule has 1 N–H and O–H groups in total. The van der Waals surface area contributed by atoms with Crippen LogP contribution in [0.5, 0.6) is 0 Å². The summed E-state index contributed by atoms with van der Waals surface area (Å²) in [6.07, 6.45) is 0. The molecule has 0 aliphatic heterocycles. The zero-order valence-electron chi connectivity index (χ0n) is 9.92. The van der Waals surface area contributed by atoms with E-state index in [1.54, 1.807) is 12.1 Å². The van der Waals surface area contributed by atoms with Gasteiger partial charge in [0.2, 0.25) is 0 Å². The number of non-ortho nitro benzene ring substituents is 1. The molecule has 2 aromatic rings. The molecule has 18 heavy (non-hydrogen) atoms. The molecule has 6 heteroatoms. The Morgan fingerprint density at radius 1 is 1.50 bits per heavy atom. The van der Waals surface area contributed by atoms with Crippen molar-refractivity contribution in [3.63, 3.8) is 0 Å². The second-order valence-electron chi connectivity index (χ2n) is 3.73. The van der Waals surface area contributed by atoms with E-state index >= 15 is 0 Å². The number of hydrogen-bond acceptors (Lipinski definition) is 5. The van der Waals surface area contributed by atoms with Crippen molar-refractivity contribution in [3.8, 4) is 10.6 Å². The zero-order valence-corrected chi connectivity index (χ0v) is 10.7. The van der Waals surface area contributed by atoms with Crippen LogP contribution in [0.4, 0.5) is 5.69 Å². The van der Waals surface area contributed by atoms with Crippen molar-refractivity contribution in [2.45, 2.75) is 13.5 Å². The van der Waals surface area contributed by atoms with Crippen LogP contribution in [0, 0.1) is 10.1 Å². The minimum absolute atomic E-state index is 0.0935. The van der Waals surface area contributed by atoms with E-state index in [4.69, 9.17) is 0 Å². The molecule has 0 bridgehead atoms. The molecule has 0 saturated heterocycles. The maximum atomic E-state index is 10.7. The van der Waals surface area contributed by atoms with Crippen LogP contribution >= 0.6 is 11.3 Å². The maximum Gasteiger partial charge on any atom is 0.270 e. The van der Waals surface area contributed by atoms with Crippen LogP contribution in [0.25, 0.3) is 10.6 Å². The summed E-state index contributed by atoms with van der Waals surface area (Å²) in [5.74, 6) is 0. The predicted octanol–water partition coefficient (Wildman–Crippen LogP) is 2.83. The first kappa shape index (κ1) is 12.7. The summed E-state index contributed by atoms with van der Waals surface area (Å²) in [6, 6.07) is 6.55. The summed E-state index contributed by atoms with van der Waals surface area (Å²) in [7, 11) is 0. The largest absolute Gasteiger partial charge is 0.311 e. The van der Waals surface area contributed by atoms with Gasteiger partial charge in [0.1, 0.15) is 5.01 Å². The van der Waals surface area contributed by atoms with Gasteiger partial charge in [0.15, 0.2) is 0 Å². The number of nitro groups is 1. The van der Waals surface area contributed by atoms with Crippen molar-refractivity contribution in [1.82, 2.24) is 10.3 Å². The number of nitro benzene ring substituents is 1. The molecule has 0 amide bonds. The fraction of sp³-hybridized carbons (Fsp3) is 0.250. The summed E-state index contributed by atoms with van der Waals surface area (Å²) < 4.78 is 0. The fourth-order valence-electron chi connectivity index (χ4n) is 1.53. The van der Waals surface area contributed by atoms with E-state index < -0.39 is 4.92 Å². The van der Waals surface area contributed by atoms with E-state index in [2.05, 4.69) is 10.3 Å². The average Bonchev–Trinajstić information content (AvgIpc) is 2.85. The molecule has 0 atom stereocenters. The van der Waals surface area contributed by atoms with E-state index in [1.807, 2.05) is 18.4 Å². The molecule has 2 rings (SSSR count). The Balaban J connectivity index is 2.23. The lowest BCUT2D eigenvalue weighted by Crippen LogP contribution is -2.11. The normalized spacial score (nSPS) is 10.5. The Morgan fingerprint density at radius 2 is 2.33 bits per heavy atom. The number of aromatic nitrogens is 1. The first-order chi connectivity index (χ1) is 8.70. The van der Waals surface area contributed by atoms with Gasteiger partial charge in [-0.25, -0.2) is 4.98 Å². The number of thiazole rings is 1. The molecule has 0 unspecified atom stereocenters. The molecular weight excluding hydrogens is 250 g/mol. The summed E-state index contributed by atoms with van der Waals surface area (Å²) in [4.78, 5) is 14.8. The van der Waals surface area contributed by atoms with Crippen LogP contribution in [0.1, 0.15) is 12.6 Å². The average molecular weight is 263 g/mol. The molecule has 0 radical (unpaired) electrons. The first-order valence-electron chi connectivity index (χ1n) is 5.60. The van der Waals surface area contributed by atoms with Gasteiger partial charge in [-0.2, -0.15) is 0 Å². The lowest BCUT2D eigenvalue weighted by molar-refractivity contribution is -0.384. The number of nitrogens with one attached hydrogen (secondary N) is 1. The highest BCUT2D eigenvalue weighted by Crippen LogP contribution is 2.26. The highest BCUT2D eigenvalue weighted by molar-refractivity contribution is 7.13. The van der Waals surface area contributed by atoms with Crippen LogP contribution in [0.15, 0.2) is 29.6 Å². The Kier molecular flexibility index (Phi) is 4.01. The van der Waals surface area contributed by atoms with Crippen molar-refractivity contribution < 1.29 is 4.92 Å². The van der Waals surface area contributed by atoms with Gasteiger partial charge in [0.25, 0.3) is 5.69 Å². The highest BCUT2D eigenvalue weighted by atomic mass is 32.1. The molecule has 1 aromatic carbocycles. The Hall–Kier alpha value is -1.79. The predicted molar refractivity (Wildman–Crippen MR) is 71.6 cm³/mol. The number of hydrogen-bond donors (Lipinski definition) is 1. The van der Waals surface area contributed by atoms with Crippen molar-refractivity contribution in [2.75, 3.05) is 6.54 Å². The van der Waals surface area contributed by atoms with E-state index in [-0.39, 0.29) is 5.69 Å². The molecule has 0 aliphatic rings. The lowest BCUT2D eigenvalue weighted by Gasteiger charge is -1.97. The molecule has 0 saturated carbocycles. The monoisotopic (exact) mass is 263 g/mol. The van der Waals surface area contributed by atoms with E-state index in [9.17, 15) is 10.1 Å². The maximum absolute atomic E-state index is 10.7. The Bertz CT molecular complexity index is 554. The summed E-state index contributed by atoms with van der Waals surface area (Å²) in [6.45, 7) is 3.65. The first-order valence-corrected chi connectivity index (χ1v) is 6.48. The van der Waals surface area contributed by atoms with E-state index in [0.29, 0.717) is 0 Å². The highest BCUT2D eigenvalue weighted by Gasteiger charge is 2.09. The molecule has 0 spiro atoms. The van der Waals surface area contributed by atoms with E-state index in [0.717, 1.165) is 29.4 Å². The molecule has 0 aliphatic carbocycles. The van der Waals surface area contributed by atoms with Crippen molar-refractivity contribution in [3.05, 3.63) is 45.5 Å².